The third-order valence-corrected chi connectivity index (χ3v) is 2.90. The smallest absolute Gasteiger partial charge is 0.338 e. The molecule has 126 valence electrons. The van der Waals surface area contributed by atoms with E-state index < -0.39 is 5.97 Å². The third-order valence-electron chi connectivity index (χ3n) is 2.90. The van der Waals surface area contributed by atoms with Crippen molar-refractivity contribution in [2.24, 2.45) is 0 Å². The molecule has 1 aromatic rings. The second-order valence-corrected chi connectivity index (χ2v) is 5.22. The zero-order valence-corrected chi connectivity index (χ0v) is 13.7. The van der Waals surface area contributed by atoms with Crippen LogP contribution in [0.4, 0.5) is 0 Å². The molecule has 0 aliphatic carbocycles. The van der Waals surface area contributed by atoms with Gasteiger partial charge in [-0.25, -0.2) is 4.79 Å². The fourth-order valence-corrected chi connectivity index (χ4v) is 1.62. The van der Waals surface area contributed by atoms with Gasteiger partial charge < -0.3 is 14.4 Å². The first-order valence-corrected chi connectivity index (χ1v) is 7.16. The first-order valence-electron chi connectivity index (χ1n) is 7.16. The first-order chi connectivity index (χ1) is 10.9. The second-order valence-electron chi connectivity index (χ2n) is 5.22. The normalized spacial score (nSPS) is 10.3. The molecule has 0 spiro atoms. The van der Waals surface area contributed by atoms with Gasteiger partial charge in [0.25, 0.3) is 5.91 Å². The molecule has 0 heterocycles. The number of ether oxygens (including phenoxy) is 2. The molecule has 0 saturated carbocycles. The van der Waals surface area contributed by atoms with E-state index in [1.165, 1.54) is 4.90 Å². The molecule has 0 N–H and O–H groups in total. The number of likely N-dealkylation sites (N-methyl/N-ethyl adjacent to an activating group) is 2. The topological polar surface area (TPSA) is 76.2 Å². The SMILES string of the molecule is CN(C)CC(=O)OCCN(C)C(=O)COC(=O)c1ccccc1. The van der Waals surface area contributed by atoms with Gasteiger partial charge in [-0.1, -0.05) is 18.2 Å². The van der Waals surface area contributed by atoms with Gasteiger partial charge in [0.2, 0.25) is 0 Å². The molecule has 0 saturated heterocycles. The van der Waals surface area contributed by atoms with E-state index in [0.717, 1.165) is 0 Å². The van der Waals surface area contributed by atoms with Gasteiger partial charge in [0, 0.05) is 7.05 Å². The Labute approximate surface area is 135 Å². The number of rotatable bonds is 8. The van der Waals surface area contributed by atoms with Crippen LogP contribution in [0.15, 0.2) is 30.3 Å². The Morgan fingerprint density at radius 2 is 1.65 bits per heavy atom. The maximum atomic E-state index is 11.8. The molecule has 1 amide bonds. The second kappa shape index (κ2) is 9.58. The minimum absolute atomic E-state index is 0.0988. The predicted molar refractivity (Wildman–Crippen MR) is 83.9 cm³/mol. The summed E-state index contributed by atoms with van der Waals surface area (Å²) in [6.45, 7) is 0.171. The van der Waals surface area contributed by atoms with E-state index in [9.17, 15) is 14.4 Å². The van der Waals surface area contributed by atoms with E-state index in [-0.39, 0.29) is 38.2 Å². The summed E-state index contributed by atoms with van der Waals surface area (Å²) in [5.74, 6) is -1.27. The summed E-state index contributed by atoms with van der Waals surface area (Å²) in [6.07, 6.45) is 0. The van der Waals surface area contributed by atoms with Crippen LogP contribution in [0, 0.1) is 0 Å². The van der Waals surface area contributed by atoms with E-state index in [0.29, 0.717) is 5.56 Å². The molecule has 0 radical (unpaired) electrons. The Hall–Kier alpha value is -2.41. The van der Waals surface area contributed by atoms with Gasteiger partial charge in [0.15, 0.2) is 6.61 Å². The van der Waals surface area contributed by atoms with E-state index >= 15 is 0 Å². The third kappa shape index (κ3) is 7.42. The van der Waals surface area contributed by atoms with Gasteiger partial charge in [-0.2, -0.15) is 0 Å². The highest BCUT2D eigenvalue weighted by Crippen LogP contribution is 2.01. The lowest BCUT2D eigenvalue weighted by Gasteiger charge is -2.17. The molecule has 0 unspecified atom stereocenters. The predicted octanol–water partition coefficient (Wildman–Crippen LogP) is 0.407. The van der Waals surface area contributed by atoms with Crippen molar-refractivity contribution >= 4 is 17.8 Å². The average molecular weight is 322 g/mol. The zero-order valence-electron chi connectivity index (χ0n) is 13.7. The van der Waals surface area contributed by atoms with Crippen LogP contribution < -0.4 is 0 Å². The number of hydrogen-bond donors (Lipinski definition) is 0. The largest absolute Gasteiger partial charge is 0.463 e. The molecule has 7 nitrogen and oxygen atoms in total. The molecule has 0 aliphatic heterocycles. The van der Waals surface area contributed by atoms with Gasteiger partial charge in [-0.3, -0.25) is 14.5 Å². The van der Waals surface area contributed by atoms with Gasteiger partial charge in [0.1, 0.15) is 6.61 Å². The van der Waals surface area contributed by atoms with Crippen LogP contribution in [0.25, 0.3) is 0 Å². The van der Waals surface area contributed by atoms with Crippen molar-refractivity contribution in [3.05, 3.63) is 35.9 Å². The van der Waals surface area contributed by atoms with Crippen molar-refractivity contribution < 1.29 is 23.9 Å². The number of esters is 2. The molecule has 0 fully saturated rings. The number of benzene rings is 1. The summed E-state index contributed by atoms with van der Waals surface area (Å²) in [5, 5.41) is 0. The summed E-state index contributed by atoms with van der Waals surface area (Å²) in [6, 6.07) is 8.44. The molecule has 1 aromatic carbocycles. The van der Waals surface area contributed by atoms with Crippen LogP contribution in [0.1, 0.15) is 10.4 Å². The van der Waals surface area contributed by atoms with E-state index in [1.807, 2.05) is 0 Å². The fraction of sp³-hybridized carbons (Fsp3) is 0.438. The Bertz CT molecular complexity index is 531. The summed E-state index contributed by atoms with van der Waals surface area (Å²) >= 11 is 0. The number of amides is 1. The molecule has 0 aliphatic rings. The Morgan fingerprint density at radius 3 is 2.26 bits per heavy atom. The Morgan fingerprint density at radius 1 is 1.00 bits per heavy atom. The molecule has 0 bridgehead atoms. The molecule has 23 heavy (non-hydrogen) atoms. The van der Waals surface area contributed by atoms with Crippen molar-refractivity contribution in [2.45, 2.75) is 0 Å². The minimum atomic E-state index is -0.551. The number of carbonyl (C=O) groups excluding carboxylic acids is 3. The summed E-state index contributed by atoms with van der Waals surface area (Å²) in [7, 11) is 5.08. The van der Waals surface area contributed by atoms with Crippen molar-refractivity contribution in [3.8, 4) is 0 Å². The molecule has 0 atom stereocenters. The summed E-state index contributed by atoms with van der Waals surface area (Å²) in [5.41, 5.74) is 0.389. The van der Waals surface area contributed by atoms with Gasteiger partial charge in [-0.15, -0.1) is 0 Å². The van der Waals surface area contributed by atoms with E-state index in [1.54, 1.807) is 56.4 Å². The lowest BCUT2D eigenvalue weighted by Crippen LogP contribution is -2.35. The quantitative estimate of drug-likeness (QED) is 0.645. The van der Waals surface area contributed by atoms with Crippen LogP contribution in [-0.2, 0) is 19.1 Å². The van der Waals surface area contributed by atoms with Crippen LogP contribution in [0.5, 0.6) is 0 Å². The number of nitrogens with zero attached hydrogens (tertiary/aromatic N) is 2. The molecule has 7 heteroatoms. The number of hydrogen-bond acceptors (Lipinski definition) is 6. The van der Waals surface area contributed by atoms with Gasteiger partial charge in [-0.05, 0) is 26.2 Å². The highest BCUT2D eigenvalue weighted by Gasteiger charge is 2.14. The lowest BCUT2D eigenvalue weighted by molar-refractivity contribution is -0.146. The standard InChI is InChI=1S/C16H22N2O5/c1-17(2)11-15(20)22-10-9-18(3)14(19)12-23-16(21)13-7-5-4-6-8-13/h4-8H,9-12H2,1-3H3. The Balaban J connectivity index is 2.26. The minimum Gasteiger partial charge on any atom is -0.463 e. The highest BCUT2D eigenvalue weighted by molar-refractivity contribution is 5.91. The Kier molecular flexibility index (Phi) is 7.76. The van der Waals surface area contributed by atoms with E-state index in [4.69, 9.17) is 9.47 Å². The lowest BCUT2D eigenvalue weighted by atomic mass is 10.2. The monoisotopic (exact) mass is 322 g/mol. The zero-order chi connectivity index (χ0) is 17.2. The van der Waals surface area contributed by atoms with Crippen molar-refractivity contribution in [1.29, 1.82) is 0 Å². The molecular weight excluding hydrogens is 300 g/mol. The maximum Gasteiger partial charge on any atom is 0.338 e. The average Bonchev–Trinajstić information content (AvgIpc) is 2.52. The maximum absolute atomic E-state index is 11.8. The molecular formula is C16H22N2O5. The van der Waals surface area contributed by atoms with Crippen LogP contribution >= 0.6 is 0 Å². The number of carbonyl (C=O) groups is 3. The van der Waals surface area contributed by atoms with Crippen molar-refractivity contribution in [3.63, 3.8) is 0 Å². The van der Waals surface area contributed by atoms with Crippen molar-refractivity contribution in [1.82, 2.24) is 9.80 Å². The van der Waals surface area contributed by atoms with Crippen molar-refractivity contribution in [2.75, 3.05) is 47.4 Å². The van der Waals surface area contributed by atoms with Crippen LogP contribution in [-0.4, -0.2) is 75.1 Å². The van der Waals surface area contributed by atoms with Crippen LogP contribution in [0.3, 0.4) is 0 Å². The van der Waals surface area contributed by atoms with Gasteiger partial charge in [0.05, 0.1) is 18.7 Å². The first kappa shape index (κ1) is 18.6. The van der Waals surface area contributed by atoms with Crippen LogP contribution in [0.2, 0.25) is 0 Å². The van der Waals surface area contributed by atoms with Gasteiger partial charge >= 0.3 is 11.9 Å². The fourth-order valence-electron chi connectivity index (χ4n) is 1.62. The summed E-state index contributed by atoms with van der Waals surface area (Å²) < 4.78 is 9.93. The van der Waals surface area contributed by atoms with E-state index in [2.05, 4.69) is 0 Å². The summed E-state index contributed by atoms with van der Waals surface area (Å²) in [4.78, 5) is 37.9. The molecule has 0 aromatic heterocycles. The molecule has 1 rings (SSSR count). The highest BCUT2D eigenvalue weighted by atomic mass is 16.5.